The fourth-order valence-corrected chi connectivity index (χ4v) is 12.2. The molecule has 13 rings (SSSR count). The highest BCUT2D eigenvalue weighted by atomic mass is 14.3. The number of fused-ring (bicyclic) bond motifs is 11. The van der Waals surface area contributed by atoms with E-state index in [2.05, 4.69) is 211 Å². The number of aryl methyl sites for hydroxylation is 6. The maximum atomic E-state index is 2.54. The predicted molar refractivity (Wildman–Crippen MR) is 279 cm³/mol. The quantitative estimate of drug-likeness (QED) is 0.155. The van der Waals surface area contributed by atoms with E-state index in [4.69, 9.17) is 0 Å². The van der Waals surface area contributed by atoms with Crippen LogP contribution in [0.3, 0.4) is 0 Å². The summed E-state index contributed by atoms with van der Waals surface area (Å²) in [5, 5.41) is 21.1. The molecule has 0 aliphatic carbocycles. The van der Waals surface area contributed by atoms with Crippen LogP contribution < -0.4 is 0 Å². The summed E-state index contributed by atoms with van der Waals surface area (Å²) in [5.41, 5.74) is 18.1. The van der Waals surface area contributed by atoms with Gasteiger partial charge in [0.1, 0.15) is 0 Å². The molecule has 0 unspecified atom stereocenters. The van der Waals surface area contributed by atoms with E-state index in [1.165, 1.54) is 164 Å². The van der Waals surface area contributed by atoms with E-state index in [0.717, 1.165) is 0 Å². The van der Waals surface area contributed by atoms with Crippen molar-refractivity contribution >= 4 is 86.2 Å². The molecule has 64 heavy (non-hydrogen) atoms. The molecule has 0 aliphatic heterocycles. The first-order valence-corrected chi connectivity index (χ1v) is 22.7. The first-order chi connectivity index (χ1) is 31.2. The highest BCUT2D eigenvalue weighted by molar-refractivity contribution is 6.41. The lowest BCUT2D eigenvalue weighted by Gasteiger charge is -2.14. The van der Waals surface area contributed by atoms with Crippen LogP contribution in [0.15, 0.2) is 170 Å². The Morgan fingerprint density at radius 1 is 0.203 bits per heavy atom. The Kier molecular flexibility index (Phi) is 7.80. The lowest BCUT2D eigenvalue weighted by molar-refractivity contribution is 1.32. The summed E-state index contributed by atoms with van der Waals surface area (Å²) in [4.78, 5) is 0. The molecule has 0 heteroatoms. The summed E-state index contributed by atoms with van der Waals surface area (Å²) in [5.74, 6) is 0. The molecule has 0 aromatic heterocycles. The molecular weight excluding hydrogens is 769 g/mol. The molecule has 0 nitrogen and oxygen atoms in total. The van der Waals surface area contributed by atoms with Crippen LogP contribution >= 0.6 is 0 Å². The molecule has 0 saturated carbocycles. The summed E-state index contributed by atoms with van der Waals surface area (Å²) in [6.07, 6.45) is 0. The third kappa shape index (κ3) is 5.29. The monoisotopic (exact) mass is 814 g/mol. The van der Waals surface area contributed by atoms with Gasteiger partial charge in [-0.15, -0.1) is 0 Å². The molecular formula is C64H46. The van der Waals surface area contributed by atoms with Crippen LogP contribution in [0.2, 0.25) is 0 Å². The minimum absolute atomic E-state index is 1.24. The second kappa shape index (κ2) is 13.5. The van der Waals surface area contributed by atoms with Crippen LogP contribution in [0.4, 0.5) is 0 Å². The number of hydrogen-bond donors (Lipinski definition) is 0. The Bertz CT molecular complexity index is 3780. The Hall–Kier alpha value is -7.54. The molecule has 0 atom stereocenters. The molecule has 13 aromatic rings. The second-order valence-electron chi connectivity index (χ2n) is 18.8. The van der Waals surface area contributed by atoms with Gasteiger partial charge in [-0.1, -0.05) is 132 Å². The van der Waals surface area contributed by atoms with Gasteiger partial charge in [0.25, 0.3) is 0 Å². The summed E-state index contributed by atoms with van der Waals surface area (Å²) < 4.78 is 0. The van der Waals surface area contributed by atoms with Crippen molar-refractivity contribution in [3.05, 3.63) is 203 Å². The van der Waals surface area contributed by atoms with E-state index in [1.807, 2.05) is 0 Å². The predicted octanol–water partition coefficient (Wildman–Crippen LogP) is 18.3. The second-order valence-corrected chi connectivity index (χ2v) is 18.8. The molecule has 0 saturated heterocycles. The molecule has 0 fully saturated rings. The average Bonchev–Trinajstić information content (AvgIpc) is 3.78. The van der Waals surface area contributed by atoms with Crippen molar-refractivity contribution in [2.45, 2.75) is 41.5 Å². The van der Waals surface area contributed by atoms with Crippen LogP contribution in [0, 0.1) is 41.5 Å². The molecule has 0 N–H and O–H groups in total. The lowest BCUT2D eigenvalue weighted by Crippen LogP contribution is -1.90. The van der Waals surface area contributed by atoms with Crippen LogP contribution in [-0.4, -0.2) is 0 Å². The molecule has 13 aromatic carbocycles. The smallest absolute Gasteiger partial charge is 0.00195 e. The van der Waals surface area contributed by atoms with Gasteiger partial charge in [-0.3, -0.25) is 0 Å². The van der Waals surface area contributed by atoms with Crippen molar-refractivity contribution < 1.29 is 0 Å². The highest BCUT2D eigenvalue weighted by Gasteiger charge is 2.22. The van der Waals surface area contributed by atoms with Crippen molar-refractivity contribution in [1.82, 2.24) is 0 Å². The maximum absolute atomic E-state index is 2.54. The van der Waals surface area contributed by atoms with Crippen molar-refractivity contribution in [1.29, 1.82) is 0 Å². The van der Waals surface area contributed by atoms with Gasteiger partial charge in [0, 0.05) is 0 Å². The van der Waals surface area contributed by atoms with E-state index >= 15 is 0 Å². The van der Waals surface area contributed by atoms with Crippen LogP contribution in [0.1, 0.15) is 33.4 Å². The third-order valence-electron chi connectivity index (χ3n) is 14.6. The number of benzene rings is 11. The zero-order chi connectivity index (χ0) is 43.1. The highest BCUT2D eigenvalue weighted by Crippen LogP contribution is 2.50. The largest absolute Gasteiger partial charge is 0.0622 e. The Morgan fingerprint density at radius 2 is 0.484 bits per heavy atom. The third-order valence-corrected chi connectivity index (χ3v) is 14.6. The molecule has 0 spiro atoms. The van der Waals surface area contributed by atoms with E-state index in [9.17, 15) is 0 Å². The van der Waals surface area contributed by atoms with Crippen molar-refractivity contribution in [3.8, 4) is 44.5 Å². The van der Waals surface area contributed by atoms with Crippen LogP contribution in [-0.2, 0) is 0 Å². The molecule has 0 radical (unpaired) electrons. The van der Waals surface area contributed by atoms with E-state index < -0.39 is 0 Å². The minimum Gasteiger partial charge on any atom is -0.0622 e. The van der Waals surface area contributed by atoms with Gasteiger partial charge in [-0.05, 0) is 243 Å². The van der Waals surface area contributed by atoms with E-state index in [1.54, 1.807) is 0 Å². The zero-order valence-corrected chi connectivity index (χ0v) is 37.2. The zero-order valence-electron chi connectivity index (χ0n) is 37.2. The van der Waals surface area contributed by atoms with Gasteiger partial charge in [0.2, 0.25) is 0 Å². The minimum atomic E-state index is 1.24. The Labute approximate surface area is 373 Å². The van der Waals surface area contributed by atoms with E-state index in [-0.39, 0.29) is 0 Å². The number of hydrogen-bond acceptors (Lipinski definition) is 0. The summed E-state index contributed by atoms with van der Waals surface area (Å²) >= 11 is 0. The molecule has 0 heterocycles. The van der Waals surface area contributed by atoms with E-state index in [0.29, 0.717) is 0 Å². The van der Waals surface area contributed by atoms with Crippen molar-refractivity contribution in [2.24, 2.45) is 0 Å². The Balaban J connectivity index is 1.19. The SMILES string of the molecule is Cc1cc(C)c(-c2ccc3c(c2)c2cc4c5cc6c7cc(-c8c(C)cc(C)cc8C)ccc7c7cc(-c8ccccc8)cc(c5ccc4c4cc(-c5ccccc5)cc3c42)c76)c(C)c1. The topological polar surface area (TPSA) is 0 Å². The molecule has 0 aliphatic rings. The maximum Gasteiger partial charge on any atom is -0.00195 e. The van der Waals surface area contributed by atoms with Gasteiger partial charge in [-0.25, -0.2) is 0 Å². The lowest BCUT2D eigenvalue weighted by atomic mass is 9.89. The van der Waals surface area contributed by atoms with Gasteiger partial charge in [0.05, 0.1) is 0 Å². The van der Waals surface area contributed by atoms with Gasteiger partial charge in [-0.2, -0.15) is 0 Å². The van der Waals surface area contributed by atoms with Crippen molar-refractivity contribution in [2.75, 3.05) is 0 Å². The fourth-order valence-electron chi connectivity index (χ4n) is 12.2. The normalized spacial score (nSPS) is 12.2. The molecule has 0 bridgehead atoms. The number of rotatable bonds is 4. The first kappa shape index (κ1) is 37.1. The van der Waals surface area contributed by atoms with Gasteiger partial charge >= 0.3 is 0 Å². The summed E-state index contributed by atoms with van der Waals surface area (Å²) in [6.45, 7) is 13.4. The summed E-state index contributed by atoms with van der Waals surface area (Å²) in [7, 11) is 0. The average molecular weight is 815 g/mol. The van der Waals surface area contributed by atoms with Crippen molar-refractivity contribution in [3.63, 3.8) is 0 Å². The van der Waals surface area contributed by atoms with Crippen LogP contribution in [0.25, 0.3) is 131 Å². The van der Waals surface area contributed by atoms with Crippen LogP contribution in [0.5, 0.6) is 0 Å². The first-order valence-electron chi connectivity index (χ1n) is 22.7. The Morgan fingerprint density at radius 3 is 0.828 bits per heavy atom. The summed E-state index contributed by atoms with van der Waals surface area (Å²) in [6, 6.07) is 65.3. The molecule has 302 valence electrons. The van der Waals surface area contributed by atoms with Gasteiger partial charge < -0.3 is 0 Å². The fraction of sp³-hybridized carbons (Fsp3) is 0.0938. The standard InChI is InChI=1S/C64H46/c1-35-23-37(3)61(38(4)24-35)43-17-19-47-51(27-43)59-33-53-49(57-31-45(29-55(47)63(57)59)41-13-9-7-10-14-41)21-22-50-54(53)34-60-52-28-44(62-39(5)25-36(2)26-40(62)6)18-20-48(52)56-30-46(32-58(50)64(56)60)42-15-11-8-12-16-42/h7-34H,1-6H3. The molecule has 0 amide bonds. The van der Waals surface area contributed by atoms with Gasteiger partial charge in [0.15, 0.2) is 0 Å².